The molecule has 1 saturated carbocycles. The van der Waals surface area contributed by atoms with Crippen LogP contribution in [-0.2, 0) is 16.1 Å². The van der Waals surface area contributed by atoms with Crippen molar-refractivity contribution in [1.82, 2.24) is 9.55 Å². The molecule has 0 saturated heterocycles. The molecule has 0 radical (unpaired) electrons. The molecule has 1 fully saturated rings. The van der Waals surface area contributed by atoms with E-state index in [4.69, 9.17) is 0 Å². The van der Waals surface area contributed by atoms with E-state index in [-0.39, 0.29) is 41.9 Å². The number of nitrogens with one attached hydrogen (secondary N) is 2. The van der Waals surface area contributed by atoms with Gasteiger partial charge < -0.3 is 10.6 Å². The van der Waals surface area contributed by atoms with Crippen molar-refractivity contribution in [2.24, 2.45) is 5.92 Å². The van der Waals surface area contributed by atoms with Gasteiger partial charge in [-0.3, -0.25) is 19.0 Å². The van der Waals surface area contributed by atoms with Crippen molar-refractivity contribution in [3.05, 3.63) is 51.1 Å². The maximum atomic E-state index is 14.2. The summed E-state index contributed by atoms with van der Waals surface area (Å²) in [7, 11) is 0. The number of thiophene rings is 1. The number of carbonyl (C=O) groups is 2. The van der Waals surface area contributed by atoms with E-state index in [1.54, 1.807) is 0 Å². The number of aromatic nitrogens is 2. The van der Waals surface area contributed by atoms with Gasteiger partial charge in [0.1, 0.15) is 10.6 Å². The van der Waals surface area contributed by atoms with Crippen molar-refractivity contribution in [3.63, 3.8) is 0 Å². The van der Waals surface area contributed by atoms with Crippen LogP contribution in [0.3, 0.4) is 0 Å². The lowest BCUT2D eigenvalue weighted by Gasteiger charge is -2.21. The molecule has 2 amide bonds. The van der Waals surface area contributed by atoms with Gasteiger partial charge in [0.15, 0.2) is 0 Å². The molecule has 2 heterocycles. The van der Waals surface area contributed by atoms with Gasteiger partial charge in [-0.15, -0.1) is 11.3 Å². The van der Waals surface area contributed by atoms with Gasteiger partial charge in [0.25, 0.3) is 5.56 Å². The lowest BCUT2D eigenvalue weighted by molar-refractivity contribution is -0.120. The standard InChI is InChI=1S/C24H27FN4O3S/c1-14-15(2)33-23-21(14)24(32)29(13-26-23)11-10-20(30)27-17-8-9-18(25)19(12-17)28-22(31)16-6-4-3-5-7-16/h8-9,12-13,16H,3-7,10-11H2,1-2H3,(H,27,30)(H,28,31). The molecule has 0 spiro atoms. The van der Waals surface area contributed by atoms with Gasteiger partial charge >= 0.3 is 0 Å². The minimum atomic E-state index is -0.551. The molecule has 7 nitrogen and oxygen atoms in total. The minimum absolute atomic E-state index is 0.0520. The predicted molar refractivity (Wildman–Crippen MR) is 128 cm³/mol. The average molecular weight is 471 g/mol. The Morgan fingerprint density at radius 1 is 1.18 bits per heavy atom. The number of rotatable bonds is 6. The summed E-state index contributed by atoms with van der Waals surface area (Å²) in [5, 5.41) is 5.97. The molecule has 9 heteroatoms. The molecule has 2 aromatic heterocycles. The number of benzene rings is 1. The third-order valence-corrected chi connectivity index (χ3v) is 7.33. The summed E-state index contributed by atoms with van der Waals surface area (Å²) in [5.41, 5.74) is 1.19. The van der Waals surface area contributed by atoms with Crippen molar-refractivity contribution >= 4 is 44.7 Å². The molecule has 0 aliphatic heterocycles. The Kier molecular flexibility index (Phi) is 6.88. The normalized spacial score (nSPS) is 14.4. The summed E-state index contributed by atoms with van der Waals surface area (Å²) in [6.45, 7) is 4.02. The SMILES string of the molecule is Cc1sc2ncn(CCC(=O)Nc3ccc(F)c(NC(=O)C4CCCCC4)c3)c(=O)c2c1C. The van der Waals surface area contributed by atoms with E-state index in [0.29, 0.717) is 15.9 Å². The Labute approximate surface area is 195 Å². The third kappa shape index (κ3) is 5.13. The Morgan fingerprint density at radius 3 is 2.70 bits per heavy atom. The van der Waals surface area contributed by atoms with Crippen molar-refractivity contribution in [2.75, 3.05) is 10.6 Å². The lowest BCUT2D eigenvalue weighted by Crippen LogP contribution is -2.25. The molecule has 0 bridgehead atoms. The number of nitrogens with zero attached hydrogens (tertiary/aromatic N) is 2. The molecule has 1 aromatic carbocycles. The molecular formula is C24H27FN4O3S. The van der Waals surface area contributed by atoms with Gasteiger partial charge in [0.2, 0.25) is 11.8 Å². The number of carbonyl (C=O) groups excluding carboxylic acids is 2. The molecule has 174 valence electrons. The summed E-state index contributed by atoms with van der Waals surface area (Å²) < 4.78 is 15.7. The lowest BCUT2D eigenvalue weighted by atomic mass is 9.88. The van der Waals surface area contributed by atoms with Crippen LogP contribution < -0.4 is 16.2 Å². The minimum Gasteiger partial charge on any atom is -0.326 e. The van der Waals surface area contributed by atoms with Gasteiger partial charge in [0.05, 0.1) is 17.4 Å². The molecule has 3 aromatic rings. The fourth-order valence-electron chi connectivity index (χ4n) is 4.17. The summed E-state index contributed by atoms with van der Waals surface area (Å²) in [4.78, 5) is 43.8. The second kappa shape index (κ2) is 9.82. The number of halogens is 1. The number of fused-ring (bicyclic) bond motifs is 1. The van der Waals surface area contributed by atoms with E-state index < -0.39 is 5.82 Å². The van der Waals surface area contributed by atoms with Crippen LogP contribution in [0.15, 0.2) is 29.3 Å². The number of hydrogen-bond donors (Lipinski definition) is 2. The van der Waals surface area contributed by atoms with Gasteiger partial charge in [0, 0.05) is 29.4 Å². The van der Waals surface area contributed by atoms with E-state index in [0.717, 1.165) is 42.5 Å². The van der Waals surface area contributed by atoms with E-state index in [9.17, 15) is 18.8 Å². The summed E-state index contributed by atoms with van der Waals surface area (Å²) in [6.07, 6.45) is 6.28. The number of aryl methyl sites for hydroxylation is 3. The van der Waals surface area contributed by atoms with Crippen LogP contribution in [0, 0.1) is 25.6 Å². The maximum Gasteiger partial charge on any atom is 0.262 e. The van der Waals surface area contributed by atoms with Crippen LogP contribution in [0.1, 0.15) is 49.0 Å². The molecule has 4 rings (SSSR count). The zero-order chi connectivity index (χ0) is 23.5. The van der Waals surface area contributed by atoms with E-state index in [2.05, 4.69) is 15.6 Å². The van der Waals surface area contributed by atoms with Crippen LogP contribution in [0.2, 0.25) is 0 Å². The number of hydrogen-bond acceptors (Lipinski definition) is 5. The fourth-order valence-corrected chi connectivity index (χ4v) is 5.16. The Hall–Kier alpha value is -3.07. The molecule has 0 unspecified atom stereocenters. The maximum absolute atomic E-state index is 14.2. The first-order valence-corrected chi connectivity index (χ1v) is 12.0. The van der Waals surface area contributed by atoms with Gasteiger partial charge in [-0.1, -0.05) is 19.3 Å². The highest BCUT2D eigenvalue weighted by Crippen LogP contribution is 2.27. The van der Waals surface area contributed by atoms with Crippen LogP contribution in [-0.4, -0.2) is 21.4 Å². The van der Waals surface area contributed by atoms with Crippen molar-refractivity contribution in [3.8, 4) is 0 Å². The van der Waals surface area contributed by atoms with Crippen LogP contribution in [0.25, 0.3) is 10.2 Å². The first kappa shape index (κ1) is 23.1. The van der Waals surface area contributed by atoms with E-state index in [1.807, 2.05) is 13.8 Å². The van der Waals surface area contributed by atoms with Gasteiger partial charge in [-0.05, 0) is 50.5 Å². The Balaban J connectivity index is 1.39. The van der Waals surface area contributed by atoms with Crippen molar-refractivity contribution < 1.29 is 14.0 Å². The predicted octanol–water partition coefficient (Wildman–Crippen LogP) is 4.76. The molecule has 33 heavy (non-hydrogen) atoms. The highest BCUT2D eigenvalue weighted by atomic mass is 32.1. The second-order valence-electron chi connectivity index (χ2n) is 8.52. The summed E-state index contributed by atoms with van der Waals surface area (Å²) >= 11 is 1.48. The molecule has 1 aliphatic carbocycles. The zero-order valence-electron chi connectivity index (χ0n) is 18.7. The quantitative estimate of drug-likeness (QED) is 0.543. The first-order chi connectivity index (χ1) is 15.8. The Bertz CT molecular complexity index is 1260. The highest BCUT2D eigenvalue weighted by Gasteiger charge is 2.22. The Morgan fingerprint density at radius 2 is 1.94 bits per heavy atom. The van der Waals surface area contributed by atoms with Crippen LogP contribution in [0.5, 0.6) is 0 Å². The van der Waals surface area contributed by atoms with Crippen LogP contribution >= 0.6 is 11.3 Å². The molecule has 2 N–H and O–H groups in total. The summed E-state index contributed by atoms with van der Waals surface area (Å²) in [6, 6.07) is 4.09. The van der Waals surface area contributed by atoms with Crippen molar-refractivity contribution in [1.29, 1.82) is 0 Å². The number of anilines is 2. The monoisotopic (exact) mass is 470 g/mol. The fraction of sp³-hybridized carbons (Fsp3) is 0.417. The average Bonchev–Trinajstić information content (AvgIpc) is 3.10. The number of amides is 2. The smallest absolute Gasteiger partial charge is 0.262 e. The summed E-state index contributed by atoms with van der Waals surface area (Å²) in [5.74, 6) is -1.16. The third-order valence-electron chi connectivity index (χ3n) is 6.22. The van der Waals surface area contributed by atoms with Crippen LogP contribution in [0.4, 0.5) is 15.8 Å². The van der Waals surface area contributed by atoms with E-state index >= 15 is 0 Å². The molecular weight excluding hydrogens is 443 g/mol. The van der Waals surface area contributed by atoms with Crippen molar-refractivity contribution in [2.45, 2.75) is 58.9 Å². The zero-order valence-corrected chi connectivity index (χ0v) is 19.6. The van der Waals surface area contributed by atoms with E-state index in [1.165, 1.54) is 40.4 Å². The second-order valence-corrected chi connectivity index (χ2v) is 9.73. The highest BCUT2D eigenvalue weighted by molar-refractivity contribution is 7.18. The topological polar surface area (TPSA) is 93.1 Å². The van der Waals surface area contributed by atoms with Gasteiger partial charge in [-0.2, -0.15) is 0 Å². The first-order valence-electron chi connectivity index (χ1n) is 11.2. The van der Waals surface area contributed by atoms with Gasteiger partial charge in [-0.25, -0.2) is 9.37 Å². The largest absolute Gasteiger partial charge is 0.326 e. The molecule has 1 aliphatic rings. The molecule has 0 atom stereocenters.